The van der Waals surface area contributed by atoms with Crippen molar-refractivity contribution in [2.75, 3.05) is 13.1 Å². The van der Waals surface area contributed by atoms with Gasteiger partial charge in [0, 0.05) is 13.1 Å². The molecule has 0 aromatic carbocycles. The summed E-state index contributed by atoms with van der Waals surface area (Å²) in [4.78, 5) is 12.2. The van der Waals surface area contributed by atoms with Crippen molar-refractivity contribution < 1.29 is 9.90 Å². The van der Waals surface area contributed by atoms with Crippen molar-refractivity contribution in [3.8, 4) is 6.07 Å². The van der Waals surface area contributed by atoms with Crippen LogP contribution in [-0.2, 0) is 0 Å². The highest BCUT2D eigenvalue weighted by Crippen LogP contribution is 2.30. The van der Waals surface area contributed by atoms with Crippen molar-refractivity contribution >= 4 is 38.0 Å². The molecule has 1 aliphatic rings. The summed E-state index contributed by atoms with van der Waals surface area (Å²) < 4.78 is 2.72. The third-order valence-corrected chi connectivity index (χ3v) is 4.02. The number of likely N-dealkylation sites (tertiary alicyclic amines) is 1. The summed E-state index contributed by atoms with van der Waals surface area (Å²) in [5.74, 6) is 0. The summed E-state index contributed by atoms with van der Waals surface area (Å²) in [6.07, 6.45) is -0.223. The lowest BCUT2D eigenvalue weighted by Gasteiger charge is -2.13. The van der Waals surface area contributed by atoms with E-state index in [-0.39, 0.29) is 6.04 Å². The van der Waals surface area contributed by atoms with Crippen LogP contribution in [0.1, 0.15) is 18.0 Å². The summed E-state index contributed by atoms with van der Waals surface area (Å²) in [5.41, 5.74) is 0.429. The van der Waals surface area contributed by atoms with Crippen LogP contribution in [0.2, 0.25) is 0 Å². The van der Waals surface area contributed by atoms with E-state index in [1.807, 2.05) is 6.07 Å². The lowest BCUT2D eigenvalue weighted by molar-refractivity contribution is 0.154. The first-order valence-electron chi connectivity index (χ1n) is 4.86. The molecule has 1 aromatic heterocycles. The normalized spacial score (nSPS) is 19.4. The second-order valence-corrected chi connectivity index (χ2v) is 5.19. The number of amides is 1. The molecule has 0 saturated carbocycles. The Bertz CT molecular complexity index is 508. The zero-order chi connectivity index (χ0) is 12.6. The number of hydrogen-bond acceptors (Lipinski definition) is 3. The van der Waals surface area contributed by atoms with Gasteiger partial charge in [0.2, 0.25) is 0 Å². The minimum absolute atomic E-state index is 0.0288. The Morgan fingerprint density at radius 3 is 2.76 bits per heavy atom. The van der Waals surface area contributed by atoms with E-state index >= 15 is 0 Å². The van der Waals surface area contributed by atoms with E-state index in [1.54, 1.807) is 4.68 Å². The fourth-order valence-electron chi connectivity index (χ4n) is 1.84. The molecule has 17 heavy (non-hydrogen) atoms. The molecular formula is C9H8Br2N4O2. The Kier molecular flexibility index (Phi) is 3.40. The number of hydrogen-bond donors (Lipinski definition) is 1. The van der Waals surface area contributed by atoms with Gasteiger partial charge in [-0.25, -0.2) is 4.79 Å². The van der Waals surface area contributed by atoms with Crippen LogP contribution < -0.4 is 0 Å². The Morgan fingerprint density at radius 2 is 2.29 bits per heavy atom. The van der Waals surface area contributed by atoms with Crippen molar-refractivity contribution in [3.63, 3.8) is 0 Å². The van der Waals surface area contributed by atoms with Crippen LogP contribution in [0, 0.1) is 11.3 Å². The predicted molar refractivity (Wildman–Crippen MR) is 65.6 cm³/mol. The first kappa shape index (κ1) is 12.4. The van der Waals surface area contributed by atoms with Gasteiger partial charge >= 0.3 is 6.09 Å². The van der Waals surface area contributed by atoms with Crippen molar-refractivity contribution in [2.24, 2.45) is 0 Å². The minimum Gasteiger partial charge on any atom is -0.465 e. The molecule has 1 saturated heterocycles. The van der Waals surface area contributed by atoms with Crippen LogP contribution >= 0.6 is 31.9 Å². The standard InChI is InChI=1S/C9H8Br2N4O2/c10-7-6(3-12)8(11)15(13-7)5-1-2-14(4-5)9(16)17/h5H,1-2,4H2,(H,16,17). The minimum atomic E-state index is -0.921. The maximum atomic E-state index is 10.8. The molecule has 2 heterocycles. The third kappa shape index (κ3) is 2.17. The first-order valence-corrected chi connectivity index (χ1v) is 6.44. The molecule has 8 heteroatoms. The van der Waals surface area contributed by atoms with Crippen molar-refractivity contribution in [1.82, 2.24) is 14.7 Å². The highest BCUT2D eigenvalue weighted by molar-refractivity contribution is 9.11. The zero-order valence-corrected chi connectivity index (χ0v) is 11.8. The fourth-order valence-corrected chi connectivity index (χ4v) is 3.20. The van der Waals surface area contributed by atoms with Gasteiger partial charge in [-0.15, -0.1) is 0 Å². The average Bonchev–Trinajstić information content (AvgIpc) is 2.84. The second kappa shape index (κ2) is 4.66. The number of carbonyl (C=O) groups is 1. The summed E-state index contributed by atoms with van der Waals surface area (Å²) >= 11 is 6.52. The topological polar surface area (TPSA) is 82.2 Å². The molecule has 1 aliphatic heterocycles. The molecule has 1 aromatic rings. The maximum Gasteiger partial charge on any atom is 0.407 e. The number of halogens is 2. The molecule has 0 bridgehead atoms. The first-order chi connectivity index (χ1) is 8.04. The van der Waals surface area contributed by atoms with E-state index < -0.39 is 6.09 Å². The van der Waals surface area contributed by atoms with Gasteiger partial charge in [-0.2, -0.15) is 10.4 Å². The van der Waals surface area contributed by atoms with E-state index in [0.717, 1.165) is 0 Å². The van der Waals surface area contributed by atoms with E-state index in [0.29, 0.717) is 34.3 Å². The summed E-state index contributed by atoms with van der Waals surface area (Å²) in [6, 6.07) is 2.01. The van der Waals surface area contributed by atoms with Crippen LogP contribution in [0.3, 0.4) is 0 Å². The molecule has 1 N–H and O–H groups in total. The molecule has 0 spiro atoms. The number of nitrogens with zero attached hydrogens (tertiary/aromatic N) is 4. The van der Waals surface area contributed by atoms with Crippen LogP contribution in [0.4, 0.5) is 4.79 Å². The smallest absolute Gasteiger partial charge is 0.407 e. The van der Waals surface area contributed by atoms with Gasteiger partial charge in [0.25, 0.3) is 0 Å². The fraction of sp³-hybridized carbons (Fsp3) is 0.444. The quantitative estimate of drug-likeness (QED) is 0.829. The number of rotatable bonds is 1. The molecule has 2 rings (SSSR count). The summed E-state index contributed by atoms with van der Waals surface area (Å²) in [7, 11) is 0. The number of nitriles is 1. The number of aromatic nitrogens is 2. The summed E-state index contributed by atoms with van der Waals surface area (Å²) in [5, 5.41) is 22.0. The second-order valence-electron chi connectivity index (χ2n) is 3.68. The van der Waals surface area contributed by atoms with Crippen LogP contribution in [0.15, 0.2) is 9.21 Å². The molecule has 0 radical (unpaired) electrons. The van der Waals surface area contributed by atoms with Crippen molar-refractivity contribution in [1.29, 1.82) is 5.26 Å². The van der Waals surface area contributed by atoms with E-state index in [4.69, 9.17) is 10.4 Å². The molecule has 1 amide bonds. The molecule has 1 unspecified atom stereocenters. The predicted octanol–water partition coefficient (Wildman–Crippen LogP) is 2.20. The van der Waals surface area contributed by atoms with Crippen molar-refractivity contribution in [2.45, 2.75) is 12.5 Å². The van der Waals surface area contributed by atoms with Crippen molar-refractivity contribution in [3.05, 3.63) is 14.8 Å². The summed E-state index contributed by atoms with van der Waals surface area (Å²) in [6.45, 7) is 0.888. The lowest BCUT2D eigenvalue weighted by atomic mass is 10.3. The van der Waals surface area contributed by atoms with Gasteiger partial charge in [-0.3, -0.25) is 4.68 Å². The maximum absolute atomic E-state index is 10.8. The lowest BCUT2D eigenvalue weighted by Crippen LogP contribution is -2.27. The van der Waals surface area contributed by atoms with Crippen LogP contribution in [0.5, 0.6) is 0 Å². The van der Waals surface area contributed by atoms with Gasteiger partial charge in [0.1, 0.15) is 20.8 Å². The average molecular weight is 364 g/mol. The Morgan fingerprint density at radius 1 is 1.59 bits per heavy atom. The van der Waals surface area contributed by atoms with E-state index in [9.17, 15) is 4.79 Å². The van der Waals surface area contributed by atoms with E-state index in [2.05, 4.69) is 37.0 Å². The van der Waals surface area contributed by atoms with E-state index in [1.165, 1.54) is 4.90 Å². The molecule has 1 fully saturated rings. The van der Waals surface area contributed by atoms with Gasteiger partial charge in [0.05, 0.1) is 6.04 Å². The molecule has 90 valence electrons. The van der Waals surface area contributed by atoms with Gasteiger partial charge in [0.15, 0.2) is 0 Å². The molecule has 0 aliphatic carbocycles. The van der Waals surface area contributed by atoms with Crippen LogP contribution in [-0.4, -0.2) is 39.0 Å². The zero-order valence-electron chi connectivity index (χ0n) is 8.60. The highest BCUT2D eigenvalue weighted by Gasteiger charge is 2.30. The Labute approximate surface area is 114 Å². The van der Waals surface area contributed by atoms with Crippen LogP contribution in [0.25, 0.3) is 0 Å². The largest absolute Gasteiger partial charge is 0.465 e. The molecule has 6 nitrogen and oxygen atoms in total. The van der Waals surface area contributed by atoms with Gasteiger partial charge < -0.3 is 10.0 Å². The SMILES string of the molecule is N#Cc1c(Br)nn(C2CCN(C(=O)O)C2)c1Br. The monoisotopic (exact) mass is 362 g/mol. The molecule has 1 atom stereocenters. The van der Waals surface area contributed by atoms with Gasteiger partial charge in [-0.05, 0) is 38.3 Å². The Balaban J connectivity index is 2.26. The third-order valence-electron chi connectivity index (χ3n) is 2.70. The molecular weight excluding hydrogens is 356 g/mol. The number of carboxylic acid groups (broad SMARTS) is 1. The van der Waals surface area contributed by atoms with Gasteiger partial charge in [-0.1, -0.05) is 0 Å². The Hall–Kier alpha value is -1.07. The highest BCUT2D eigenvalue weighted by atomic mass is 79.9.